The second kappa shape index (κ2) is 4.03. The normalized spacial score (nSPS) is 11.3. The molecule has 0 unspecified atom stereocenters. The molecule has 0 aliphatic carbocycles. The predicted octanol–water partition coefficient (Wildman–Crippen LogP) is 2.38. The number of alkyl halides is 3. The first-order valence-electron chi connectivity index (χ1n) is 4.33. The Morgan fingerprint density at radius 3 is 2.38 bits per heavy atom. The van der Waals surface area contributed by atoms with E-state index in [2.05, 4.69) is 4.74 Å². The number of esters is 1. The van der Waals surface area contributed by atoms with E-state index in [1.807, 2.05) is 0 Å². The van der Waals surface area contributed by atoms with E-state index in [1.165, 1.54) is 6.92 Å². The lowest BCUT2D eigenvalue weighted by atomic mass is 10.0. The number of hydrogen-bond donors (Lipinski definition) is 1. The third kappa shape index (κ3) is 2.26. The van der Waals surface area contributed by atoms with Gasteiger partial charge in [-0.3, -0.25) is 0 Å². The van der Waals surface area contributed by atoms with Gasteiger partial charge in [0.25, 0.3) is 0 Å². The highest BCUT2D eigenvalue weighted by Gasteiger charge is 2.33. The summed E-state index contributed by atoms with van der Waals surface area (Å²) in [5.41, 5.74) is 4.02. The Hall–Kier alpha value is -1.72. The summed E-state index contributed by atoms with van der Waals surface area (Å²) < 4.78 is 41.8. The maximum atomic E-state index is 12.4. The summed E-state index contributed by atoms with van der Waals surface area (Å²) in [5.74, 6) is -0.710. The van der Waals surface area contributed by atoms with E-state index in [1.54, 1.807) is 0 Å². The largest absolute Gasteiger partial charge is 0.465 e. The molecule has 16 heavy (non-hydrogen) atoms. The van der Waals surface area contributed by atoms with Crippen LogP contribution in [0.5, 0.6) is 0 Å². The zero-order valence-corrected chi connectivity index (χ0v) is 8.68. The highest BCUT2D eigenvalue weighted by molar-refractivity contribution is 5.92. The molecule has 0 radical (unpaired) electrons. The second-order valence-electron chi connectivity index (χ2n) is 3.24. The monoisotopic (exact) mass is 233 g/mol. The molecule has 1 aromatic carbocycles. The van der Waals surface area contributed by atoms with Crippen LogP contribution in [-0.2, 0) is 10.9 Å². The van der Waals surface area contributed by atoms with E-state index in [9.17, 15) is 18.0 Å². The summed E-state index contributed by atoms with van der Waals surface area (Å²) >= 11 is 0. The first kappa shape index (κ1) is 12.4. The van der Waals surface area contributed by atoms with Gasteiger partial charge in [0, 0.05) is 5.69 Å². The molecule has 0 aromatic heterocycles. The Morgan fingerprint density at radius 2 is 1.94 bits per heavy atom. The van der Waals surface area contributed by atoms with Crippen molar-refractivity contribution in [2.75, 3.05) is 12.8 Å². The van der Waals surface area contributed by atoms with Crippen LogP contribution in [0.15, 0.2) is 12.1 Å². The third-order valence-electron chi connectivity index (χ3n) is 2.11. The average molecular weight is 233 g/mol. The van der Waals surface area contributed by atoms with Crippen molar-refractivity contribution in [1.82, 2.24) is 0 Å². The van der Waals surface area contributed by atoms with Gasteiger partial charge in [0.2, 0.25) is 0 Å². The molecule has 3 nitrogen and oxygen atoms in total. The minimum Gasteiger partial charge on any atom is -0.465 e. The van der Waals surface area contributed by atoms with Gasteiger partial charge in [-0.25, -0.2) is 4.79 Å². The molecular formula is C10H10F3NO2. The van der Waals surface area contributed by atoms with Crippen LogP contribution in [-0.4, -0.2) is 13.1 Å². The zero-order chi connectivity index (χ0) is 12.5. The molecule has 0 atom stereocenters. The number of nitrogens with two attached hydrogens (primary N) is 1. The topological polar surface area (TPSA) is 52.3 Å². The number of anilines is 1. The number of carbonyl (C=O) groups excluding carboxylic acids is 1. The number of nitrogen functional groups attached to an aromatic ring is 1. The van der Waals surface area contributed by atoms with Crippen molar-refractivity contribution in [2.24, 2.45) is 0 Å². The van der Waals surface area contributed by atoms with E-state index in [0.717, 1.165) is 19.2 Å². The molecule has 88 valence electrons. The Morgan fingerprint density at radius 1 is 1.38 bits per heavy atom. The van der Waals surface area contributed by atoms with Crippen LogP contribution in [0.25, 0.3) is 0 Å². The molecule has 1 rings (SSSR count). The lowest BCUT2D eigenvalue weighted by Crippen LogP contribution is -2.12. The number of hydrogen-bond acceptors (Lipinski definition) is 3. The molecule has 2 N–H and O–H groups in total. The molecule has 1 aromatic rings. The highest BCUT2D eigenvalue weighted by atomic mass is 19.4. The van der Waals surface area contributed by atoms with E-state index in [0.29, 0.717) is 0 Å². The second-order valence-corrected chi connectivity index (χ2v) is 3.24. The first-order valence-corrected chi connectivity index (χ1v) is 4.33. The summed E-state index contributed by atoms with van der Waals surface area (Å²) in [4.78, 5) is 11.2. The Bertz CT molecular complexity index is 427. The van der Waals surface area contributed by atoms with E-state index < -0.39 is 23.4 Å². The molecule has 0 saturated carbocycles. The molecule has 0 fully saturated rings. The van der Waals surface area contributed by atoms with Crippen LogP contribution in [0.4, 0.5) is 18.9 Å². The fourth-order valence-corrected chi connectivity index (χ4v) is 1.30. The maximum Gasteiger partial charge on any atom is 0.418 e. The number of methoxy groups -OCH3 is 1. The minimum absolute atomic E-state index is 0.0352. The Balaban J connectivity index is 3.33. The molecule has 0 amide bonds. The van der Waals surface area contributed by atoms with Crippen LogP contribution >= 0.6 is 0 Å². The number of carbonyl (C=O) groups is 1. The number of ether oxygens (including phenoxy) is 1. The molecular weight excluding hydrogens is 223 g/mol. The quantitative estimate of drug-likeness (QED) is 0.598. The van der Waals surface area contributed by atoms with Crippen molar-refractivity contribution in [1.29, 1.82) is 0 Å². The highest BCUT2D eigenvalue weighted by Crippen LogP contribution is 2.35. The molecule has 0 heterocycles. The van der Waals surface area contributed by atoms with Gasteiger partial charge in [-0.2, -0.15) is 13.2 Å². The summed E-state index contributed by atoms with van der Waals surface area (Å²) in [5, 5.41) is 0. The number of halogens is 3. The molecule has 0 spiro atoms. The van der Waals surface area contributed by atoms with Gasteiger partial charge in [-0.1, -0.05) is 0 Å². The smallest absolute Gasteiger partial charge is 0.418 e. The molecule has 0 aliphatic heterocycles. The van der Waals surface area contributed by atoms with Gasteiger partial charge in [-0.05, 0) is 24.6 Å². The SMILES string of the molecule is COC(=O)c1cc(N)c(C(F)(F)F)cc1C. The van der Waals surface area contributed by atoms with Crippen molar-refractivity contribution >= 4 is 11.7 Å². The first-order chi connectivity index (χ1) is 7.27. The molecule has 0 aliphatic rings. The van der Waals surface area contributed by atoms with Crippen LogP contribution in [0, 0.1) is 6.92 Å². The van der Waals surface area contributed by atoms with Crippen LogP contribution in [0.1, 0.15) is 21.5 Å². The zero-order valence-electron chi connectivity index (χ0n) is 8.68. The van der Waals surface area contributed by atoms with Crippen molar-refractivity contribution in [2.45, 2.75) is 13.1 Å². The maximum absolute atomic E-state index is 12.4. The predicted molar refractivity (Wildman–Crippen MR) is 51.9 cm³/mol. The van der Waals surface area contributed by atoms with Crippen molar-refractivity contribution in [3.05, 3.63) is 28.8 Å². The van der Waals surface area contributed by atoms with Gasteiger partial charge in [0.15, 0.2) is 0 Å². The van der Waals surface area contributed by atoms with Gasteiger partial charge in [0.1, 0.15) is 0 Å². The van der Waals surface area contributed by atoms with Crippen molar-refractivity contribution in [3.8, 4) is 0 Å². The van der Waals surface area contributed by atoms with Crippen LogP contribution in [0.2, 0.25) is 0 Å². The lowest BCUT2D eigenvalue weighted by Gasteiger charge is -2.13. The van der Waals surface area contributed by atoms with E-state index in [4.69, 9.17) is 5.73 Å². The average Bonchev–Trinajstić information content (AvgIpc) is 2.18. The van der Waals surface area contributed by atoms with E-state index >= 15 is 0 Å². The number of aryl methyl sites for hydroxylation is 1. The minimum atomic E-state index is -4.52. The van der Waals surface area contributed by atoms with E-state index in [-0.39, 0.29) is 11.1 Å². The van der Waals surface area contributed by atoms with Gasteiger partial charge in [-0.15, -0.1) is 0 Å². The third-order valence-corrected chi connectivity index (χ3v) is 2.11. The van der Waals surface area contributed by atoms with Crippen LogP contribution in [0.3, 0.4) is 0 Å². The standard InChI is InChI=1S/C10H10F3NO2/c1-5-3-7(10(11,12)13)8(14)4-6(5)9(15)16-2/h3-4H,14H2,1-2H3. The van der Waals surface area contributed by atoms with Crippen molar-refractivity contribution in [3.63, 3.8) is 0 Å². The number of rotatable bonds is 1. The summed E-state index contributed by atoms with van der Waals surface area (Å²) in [6.07, 6.45) is -4.52. The Kier molecular flexibility index (Phi) is 3.11. The fraction of sp³-hybridized carbons (Fsp3) is 0.300. The number of benzene rings is 1. The van der Waals surface area contributed by atoms with Gasteiger partial charge < -0.3 is 10.5 Å². The lowest BCUT2D eigenvalue weighted by molar-refractivity contribution is -0.136. The molecule has 6 heteroatoms. The van der Waals surface area contributed by atoms with Crippen molar-refractivity contribution < 1.29 is 22.7 Å². The molecule has 0 bridgehead atoms. The van der Waals surface area contributed by atoms with Crippen LogP contribution < -0.4 is 5.73 Å². The summed E-state index contributed by atoms with van der Waals surface area (Å²) in [6, 6.07) is 1.81. The van der Waals surface area contributed by atoms with Gasteiger partial charge >= 0.3 is 12.1 Å². The molecule has 0 saturated heterocycles. The fourth-order valence-electron chi connectivity index (χ4n) is 1.30. The Labute approximate surface area is 90.0 Å². The summed E-state index contributed by atoms with van der Waals surface area (Å²) in [6.45, 7) is 1.39. The summed E-state index contributed by atoms with van der Waals surface area (Å²) in [7, 11) is 1.15. The van der Waals surface area contributed by atoms with Gasteiger partial charge in [0.05, 0.1) is 18.2 Å².